The van der Waals surface area contributed by atoms with Crippen molar-refractivity contribution in [2.24, 2.45) is 0 Å². The van der Waals surface area contributed by atoms with Gasteiger partial charge in [0.1, 0.15) is 5.69 Å². The zero-order valence-electron chi connectivity index (χ0n) is 16.0. The predicted octanol–water partition coefficient (Wildman–Crippen LogP) is 3.96. The molecule has 2 aromatic heterocycles. The number of carbonyl (C=O) groups is 2. The Bertz CT molecular complexity index is 1100. The number of halogens is 1. The van der Waals surface area contributed by atoms with Crippen molar-refractivity contribution in [3.05, 3.63) is 88.5 Å². The van der Waals surface area contributed by atoms with Crippen molar-refractivity contribution < 1.29 is 9.59 Å². The zero-order valence-corrected chi connectivity index (χ0v) is 16.8. The quantitative estimate of drug-likeness (QED) is 0.711. The molecule has 0 aliphatic carbocycles. The standard InChI is InChI=1S/C22H19ClN4O2/c1-22(2)18-10-15(23)6-7-17(18)21(29)27(22)16-9-14(11-24-13-16)12-26-20(28)19-5-3-4-8-25-19/h3-11,13H,12H2,1-2H3,(H,26,28). The fourth-order valence-electron chi connectivity index (χ4n) is 3.61. The number of hydrogen-bond donors (Lipinski definition) is 1. The highest BCUT2D eigenvalue weighted by Crippen LogP contribution is 2.42. The highest BCUT2D eigenvalue weighted by Gasteiger charge is 2.44. The van der Waals surface area contributed by atoms with Crippen LogP contribution in [0.5, 0.6) is 0 Å². The van der Waals surface area contributed by atoms with Crippen molar-refractivity contribution in [3.63, 3.8) is 0 Å². The highest BCUT2D eigenvalue weighted by molar-refractivity contribution is 6.31. The first-order valence-corrected chi connectivity index (χ1v) is 9.53. The van der Waals surface area contributed by atoms with E-state index >= 15 is 0 Å². The molecule has 0 fully saturated rings. The topological polar surface area (TPSA) is 75.2 Å². The van der Waals surface area contributed by atoms with Gasteiger partial charge in [-0.3, -0.25) is 24.5 Å². The summed E-state index contributed by atoms with van der Waals surface area (Å²) in [5.41, 5.74) is 2.73. The molecule has 2 amide bonds. The summed E-state index contributed by atoms with van der Waals surface area (Å²) in [6, 6.07) is 12.3. The summed E-state index contributed by atoms with van der Waals surface area (Å²) >= 11 is 6.15. The van der Waals surface area contributed by atoms with Crippen molar-refractivity contribution in [1.29, 1.82) is 0 Å². The lowest BCUT2D eigenvalue weighted by Gasteiger charge is -2.32. The predicted molar refractivity (Wildman–Crippen MR) is 111 cm³/mol. The van der Waals surface area contributed by atoms with Crippen molar-refractivity contribution in [1.82, 2.24) is 15.3 Å². The number of anilines is 1. The van der Waals surface area contributed by atoms with Gasteiger partial charge in [0.15, 0.2) is 0 Å². The van der Waals surface area contributed by atoms with E-state index in [-0.39, 0.29) is 18.4 Å². The maximum Gasteiger partial charge on any atom is 0.270 e. The van der Waals surface area contributed by atoms with Crippen LogP contribution < -0.4 is 10.2 Å². The number of pyridine rings is 2. The smallest absolute Gasteiger partial charge is 0.270 e. The molecule has 1 aliphatic heterocycles. The second-order valence-electron chi connectivity index (χ2n) is 7.34. The van der Waals surface area contributed by atoms with E-state index in [0.717, 1.165) is 11.1 Å². The highest BCUT2D eigenvalue weighted by atomic mass is 35.5. The Kier molecular flexibility index (Phi) is 4.80. The minimum Gasteiger partial charge on any atom is -0.347 e. The van der Waals surface area contributed by atoms with Gasteiger partial charge in [-0.15, -0.1) is 0 Å². The van der Waals surface area contributed by atoms with Gasteiger partial charge in [-0.2, -0.15) is 0 Å². The molecule has 0 saturated carbocycles. The number of amides is 2. The molecule has 6 nitrogen and oxygen atoms in total. The van der Waals surface area contributed by atoms with Crippen molar-refractivity contribution in [2.45, 2.75) is 25.9 Å². The van der Waals surface area contributed by atoms with Gasteiger partial charge in [0.05, 0.1) is 17.4 Å². The molecule has 0 spiro atoms. The van der Waals surface area contributed by atoms with Gasteiger partial charge < -0.3 is 5.32 Å². The number of carbonyl (C=O) groups excluding carboxylic acids is 2. The van der Waals surface area contributed by atoms with E-state index in [1.54, 1.807) is 53.8 Å². The number of nitrogens with one attached hydrogen (secondary N) is 1. The summed E-state index contributed by atoms with van der Waals surface area (Å²) in [4.78, 5) is 35.3. The van der Waals surface area contributed by atoms with Crippen molar-refractivity contribution >= 4 is 29.1 Å². The number of nitrogens with zero attached hydrogens (tertiary/aromatic N) is 3. The minimum absolute atomic E-state index is 0.0989. The zero-order chi connectivity index (χ0) is 20.6. The van der Waals surface area contributed by atoms with Gasteiger partial charge in [-0.05, 0) is 61.4 Å². The average molecular weight is 407 g/mol. The second-order valence-corrected chi connectivity index (χ2v) is 7.77. The summed E-state index contributed by atoms with van der Waals surface area (Å²) in [6.07, 6.45) is 4.89. The van der Waals surface area contributed by atoms with E-state index in [4.69, 9.17) is 11.6 Å². The number of benzene rings is 1. The van der Waals surface area contributed by atoms with Crippen LogP contribution in [-0.2, 0) is 12.1 Å². The molecule has 29 heavy (non-hydrogen) atoms. The summed E-state index contributed by atoms with van der Waals surface area (Å²) in [5, 5.41) is 3.42. The Morgan fingerprint density at radius 2 is 2.00 bits per heavy atom. The minimum atomic E-state index is -0.575. The van der Waals surface area contributed by atoms with Crippen LogP contribution in [0.2, 0.25) is 5.02 Å². The van der Waals surface area contributed by atoms with Crippen LogP contribution in [0.1, 0.15) is 45.8 Å². The first-order chi connectivity index (χ1) is 13.9. The molecule has 0 unspecified atom stereocenters. The number of aromatic nitrogens is 2. The Hall–Kier alpha value is -3.25. The third-order valence-corrected chi connectivity index (χ3v) is 5.26. The molecule has 0 bridgehead atoms. The molecule has 146 valence electrons. The normalized spacial score (nSPS) is 14.6. The van der Waals surface area contributed by atoms with E-state index in [1.807, 2.05) is 26.0 Å². The van der Waals surface area contributed by atoms with E-state index < -0.39 is 5.54 Å². The van der Waals surface area contributed by atoms with E-state index in [0.29, 0.717) is 22.0 Å². The summed E-state index contributed by atoms with van der Waals surface area (Å²) < 4.78 is 0. The van der Waals surface area contributed by atoms with Crippen LogP contribution >= 0.6 is 11.6 Å². The molecule has 0 atom stereocenters. The first-order valence-electron chi connectivity index (χ1n) is 9.15. The van der Waals surface area contributed by atoms with E-state index in [9.17, 15) is 9.59 Å². The fraction of sp³-hybridized carbons (Fsp3) is 0.182. The van der Waals surface area contributed by atoms with E-state index in [1.165, 1.54) is 0 Å². The van der Waals surface area contributed by atoms with Crippen molar-refractivity contribution in [3.8, 4) is 0 Å². The van der Waals surface area contributed by atoms with Crippen molar-refractivity contribution in [2.75, 3.05) is 4.90 Å². The molecule has 0 radical (unpaired) electrons. The number of hydrogen-bond acceptors (Lipinski definition) is 4. The third-order valence-electron chi connectivity index (χ3n) is 5.02. The molecular formula is C22H19ClN4O2. The van der Waals surface area contributed by atoms with Gasteiger partial charge in [0.25, 0.3) is 11.8 Å². The second kappa shape index (κ2) is 7.29. The van der Waals surface area contributed by atoms with Gasteiger partial charge in [-0.1, -0.05) is 17.7 Å². The maximum absolute atomic E-state index is 13.1. The molecule has 0 saturated heterocycles. The number of fused-ring (bicyclic) bond motifs is 1. The molecule has 3 heterocycles. The third kappa shape index (κ3) is 3.47. The molecule has 7 heteroatoms. The molecule has 3 aromatic rings. The summed E-state index contributed by atoms with van der Waals surface area (Å²) in [5.74, 6) is -0.367. The lowest BCUT2D eigenvalue weighted by atomic mass is 9.93. The Morgan fingerprint density at radius 1 is 1.17 bits per heavy atom. The van der Waals surface area contributed by atoms with Crippen LogP contribution in [0.15, 0.2) is 61.1 Å². The monoisotopic (exact) mass is 406 g/mol. The summed E-state index contributed by atoms with van der Waals surface area (Å²) in [6.45, 7) is 4.22. The average Bonchev–Trinajstić information content (AvgIpc) is 2.92. The van der Waals surface area contributed by atoms with E-state index in [2.05, 4.69) is 15.3 Å². The Labute approximate surface area is 173 Å². The van der Waals surface area contributed by atoms with Gasteiger partial charge in [0, 0.05) is 29.5 Å². The van der Waals surface area contributed by atoms with Crippen LogP contribution in [0.25, 0.3) is 0 Å². The van der Waals surface area contributed by atoms with Crippen LogP contribution in [0, 0.1) is 0 Å². The van der Waals surface area contributed by atoms with Crippen LogP contribution in [0.4, 0.5) is 5.69 Å². The lowest BCUT2D eigenvalue weighted by molar-refractivity contribution is 0.0943. The molecule has 1 aromatic carbocycles. The largest absolute Gasteiger partial charge is 0.347 e. The molecular weight excluding hydrogens is 388 g/mol. The van der Waals surface area contributed by atoms with Crippen LogP contribution in [0.3, 0.4) is 0 Å². The van der Waals surface area contributed by atoms with Gasteiger partial charge >= 0.3 is 0 Å². The summed E-state index contributed by atoms with van der Waals surface area (Å²) in [7, 11) is 0. The van der Waals surface area contributed by atoms with Gasteiger partial charge in [-0.25, -0.2) is 0 Å². The Balaban J connectivity index is 1.58. The molecule has 4 rings (SSSR count). The lowest BCUT2D eigenvalue weighted by Crippen LogP contribution is -2.39. The molecule has 1 aliphatic rings. The first kappa shape index (κ1) is 19.1. The fourth-order valence-corrected chi connectivity index (χ4v) is 3.78. The van der Waals surface area contributed by atoms with Crippen LogP contribution in [-0.4, -0.2) is 21.8 Å². The Morgan fingerprint density at radius 3 is 2.76 bits per heavy atom. The SMILES string of the molecule is CC1(C)c2cc(Cl)ccc2C(=O)N1c1cncc(CNC(=O)c2ccccn2)c1. The maximum atomic E-state index is 13.1. The number of rotatable bonds is 4. The molecule has 1 N–H and O–H groups in total. The van der Waals surface area contributed by atoms with Gasteiger partial charge in [0.2, 0.25) is 0 Å².